The topological polar surface area (TPSA) is 55.3 Å². The third kappa shape index (κ3) is 1.94. The Hall–Kier alpha value is -1.65. The van der Waals surface area contributed by atoms with Gasteiger partial charge in [0, 0.05) is 13.1 Å². The minimum atomic E-state index is -0.427. The van der Waals surface area contributed by atoms with Gasteiger partial charge in [0.05, 0.1) is 19.5 Å². The Labute approximate surface area is 106 Å². The van der Waals surface area contributed by atoms with Crippen molar-refractivity contribution in [1.29, 1.82) is 0 Å². The van der Waals surface area contributed by atoms with Gasteiger partial charge in [0.25, 0.3) is 0 Å². The van der Waals surface area contributed by atoms with Crippen LogP contribution in [-0.2, 0) is 4.74 Å². The van der Waals surface area contributed by atoms with Gasteiger partial charge in [0.1, 0.15) is 5.82 Å². The lowest BCUT2D eigenvalue weighted by atomic mass is 10.0. The highest BCUT2D eigenvalue weighted by molar-refractivity contribution is 5.87. The van der Waals surface area contributed by atoms with Crippen molar-refractivity contribution < 1.29 is 9.53 Å². The Kier molecular flexibility index (Phi) is 2.89. The van der Waals surface area contributed by atoms with Crippen LogP contribution in [-0.4, -0.2) is 36.1 Å². The molecular weight excluding hydrogens is 230 g/mol. The van der Waals surface area contributed by atoms with E-state index < -0.39 is 5.97 Å². The van der Waals surface area contributed by atoms with E-state index in [1.54, 1.807) is 6.20 Å². The van der Waals surface area contributed by atoms with Gasteiger partial charge in [-0.3, -0.25) is 4.98 Å². The molecule has 0 radical (unpaired) electrons. The van der Waals surface area contributed by atoms with E-state index >= 15 is 0 Å². The molecule has 3 rings (SSSR count). The molecule has 0 aromatic carbocycles. The molecule has 18 heavy (non-hydrogen) atoms. The minimum absolute atomic E-state index is 0.284. The lowest BCUT2D eigenvalue weighted by Gasteiger charge is -2.18. The molecule has 1 aliphatic carbocycles. The summed E-state index contributed by atoms with van der Waals surface area (Å²) in [5.41, 5.74) is 0.284. The van der Waals surface area contributed by atoms with Crippen LogP contribution in [0, 0.1) is 11.8 Å². The van der Waals surface area contributed by atoms with E-state index in [1.165, 1.54) is 32.6 Å². The Morgan fingerprint density at radius 3 is 2.72 bits per heavy atom. The van der Waals surface area contributed by atoms with Gasteiger partial charge >= 0.3 is 5.97 Å². The third-order valence-corrected chi connectivity index (χ3v) is 4.07. The summed E-state index contributed by atoms with van der Waals surface area (Å²) in [6.45, 7) is 2.09. The van der Waals surface area contributed by atoms with Gasteiger partial charge in [-0.15, -0.1) is 0 Å². The van der Waals surface area contributed by atoms with E-state index in [4.69, 9.17) is 0 Å². The van der Waals surface area contributed by atoms with Gasteiger partial charge in [-0.25, -0.2) is 9.78 Å². The number of methoxy groups -OCH3 is 1. The van der Waals surface area contributed by atoms with Crippen LogP contribution >= 0.6 is 0 Å². The number of esters is 1. The summed E-state index contributed by atoms with van der Waals surface area (Å²) in [6, 6.07) is 0. The molecule has 5 heteroatoms. The Balaban J connectivity index is 1.79. The maximum absolute atomic E-state index is 11.4. The van der Waals surface area contributed by atoms with Crippen LogP contribution in [0.3, 0.4) is 0 Å². The lowest BCUT2D eigenvalue weighted by Crippen LogP contribution is -2.23. The zero-order valence-electron chi connectivity index (χ0n) is 10.5. The highest BCUT2D eigenvalue weighted by atomic mass is 16.5. The molecule has 1 aliphatic heterocycles. The minimum Gasteiger partial charge on any atom is -0.464 e. The molecule has 2 aliphatic rings. The molecule has 1 aromatic rings. The molecular formula is C13H17N3O2. The monoisotopic (exact) mass is 247 g/mol. The van der Waals surface area contributed by atoms with Crippen LogP contribution < -0.4 is 4.90 Å². The van der Waals surface area contributed by atoms with Gasteiger partial charge in [-0.05, 0) is 24.7 Å². The first-order valence-corrected chi connectivity index (χ1v) is 6.43. The number of fused-ring (bicyclic) bond motifs is 1. The van der Waals surface area contributed by atoms with Crippen molar-refractivity contribution in [3.63, 3.8) is 0 Å². The van der Waals surface area contributed by atoms with E-state index in [1.807, 2.05) is 0 Å². The van der Waals surface area contributed by atoms with E-state index in [9.17, 15) is 4.79 Å². The number of carbonyl (C=O) groups excluding carboxylic acids is 1. The molecule has 2 atom stereocenters. The Bertz CT molecular complexity index is 451. The van der Waals surface area contributed by atoms with E-state index in [2.05, 4.69) is 19.6 Å². The van der Waals surface area contributed by atoms with Gasteiger partial charge < -0.3 is 9.64 Å². The van der Waals surface area contributed by atoms with Crippen molar-refractivity contribution in [3.8, 4) is 0 Å². The summed E-state index contributed by atoms with van der Waals surface area (Å²) in [5, 5.41) is 0. The molecule has 0 bridgehead atoms. The fraction of sp³-hybridized carbons (Fsp3) is 0.615. The molecule has 1 saturated heterocycles. The van der Waals surface area contributed by atoms with E-state index in [0.717, 1.165) is 30.7 Å². The maximum atomic E-state index is 11.4. The predicted octanol–water partition coefficient (Wildman–Crippen LogP) is 1.50. The second-order valence-electron chi connectivity index (χ2n) is 5.11. The van der Waals surface area contributed by atoms with Crippen molar-refractivity contribution in [1.82, 2.24) is 9.97 Å². The van der Waals surface area contributed by atoms with Crippen molar-refractivity contribution in [2.24, 2.45) is 11.8 Å². The molecule has 2 fully saturated rings. The Morgan fingerprint density at radius 2 is 2.06 bits per heavy atom. The average Bonchev–Trinajstić information content (AvgIpc) is 2.98. The van der Waals surface area contributed by atoms with Gasteiger partial charge in [0.15, 0.2) is 5.69 Å². The fourth-order valence-corrected chi connectivity index (χ4v) is 3.13. The second-order valence-corrected chi connectivity index (χ2v) is 5.11. The molecule has 1 saturated carbocycles. The average molecular weight is 247 g/mol. The first-order chi connectivity index (χ1) is 8.78. The van der Waals surface area contributed by atoms with Crippen LogP contribution in [0.4, 0.5) is 5.82 Å². The highest BCUT2D eigenvalue weighted by Crippen LogP contribution is 2.38. The van der Waals surface area contributed by atoms with E-state index in [-0.39, 0.29) is 5.69 Å². The highest BCUT2D eigenvalue weighted by Gasteiger charge is 2.36. The van der Waals surface area contributed by atoms with Crippen LogP contribution in [0.5, 0.6) is 0 Å². The van der Waals surface area contributed by atoms with Crippen molar-refractivity contribution in [3.05, 3.63) is 18.1 Å². The smallest absolute Gasteiger partial charge is 0.358 e. The Morgan fingerprint density at radius 1 is 1.33 bits per heavy atom. The zero-order valence-corrected chi connectivity index (χ0v) is 10.5. The number of rotatable bonds is 2. The molecule has 5 nitrogen and oxygen atoms in total. The largest absolute Gasteiger partial charge is 0.464 e. The number of anilines is 1. The number of carbonyl (C=O) groups is 1. The lowest BCUT2D eigenvalue weighted by molar-refractivity contribution is 0.0593. The normalized spacial score (nSPS) is 26.2. The first-order valence-electron chi connectivity index (χ1n) is 6.43. The van der Waals surface area contributed by atoms with Crippen LogP contribution in [0.15, 0.2) is 12.4 Å². The van der Waals surface area contributed by atoms with Crippen LogP contribution in [0.25, 0.3) is 0 Å². The second kappa shape index (κ2) is 4.55. The molecule has 0 N–H and O–H groups in total. The number of hydrogen-bond acceptors (Lipinski definition) is 5. The molecule has 1 aromatic heterocycles. The fourth-order valence-electron chi connectivity index (χ4n) is 3.13. The summed E-state index contributed by atoms with van der Waals surface area (Å²) >= 11 is 0. The SMILES string of the molecule is COC(=O)c1cncc(N2CC3CCCC3C2)n1. The summed E-state index contributed by atoms with van der Waals surface area (Å²) in [5.74, 6) is 1.97. The van der Waals surface area contributed by atoms with E-state index in [0.29, 0.717) is 0 Å². The number of ether oxygens (including phenoxy) is 1. The predicted molar refractivity (Wildman–Crippen MR) is 66.4 cm³/mol. The molecule has 2 heterocycles. The van der Waals surface area contributed by atoms with Gasteiger partial charge in [-0.1, -0.05) is 6.42 Å². The van der Waals surface area contributed by atoms with Gasteiger partial charge in [0.2, 0.25) is 0 Å². The third-order valence-electron chi connectivity index (χ3n) is 4.07. The van der Waals surface area contributed by atoms with Gasteiger partial charge in [-0.2, -0.15) is 0 Å². The summed E-state index contributed by atoms with van der Waals surface area (Å²) in [6.07, 6.45) is 7.19. The first kappa shape index (κ1) is 11.4. The standard InChI is InChI=1S/C13H17N3O2/c1-18-13(17)11-5-14-6-12(15-11)16-7-9-3-2-4-10(9)8-16/h5-6,9-10H,2-4,7-8H2,1H3. The van der Waals surface area contributed by atoms with Crippen molar-refractivity contribution in [2.45, 2.75) is 19.3 Å². The zero-order chi connectivity index (χ0) is 12.5. The summed E-state index contributed by atoms with van der Waals surface area (Å²) in [4.78, 5) is 22.1. The summed E-state index contributed by atoms with van der Waals surface area (Å²) < 4.78 is 4.67. The number of aromatic nitrogens is 2. The molecule has 2 unspecified atom stereocenters. The quantitative estimate of drug-likeness (QED) is 0.741. The molecule has 0 spiro atoms. The summed E-state index contributed by atoms with van der Waals surface area (Å²) in [7, 11) is 1.36. The maximum Gasteiger partial charge on any atom is 0.358 e. The van der Waals surface area contributed by atoms with Crippen LogP contribution in [0.2, 0.25) is 0 Å². The van der Waals surface area contributed by atoms with Crippen molar-refractivity contribution >= 4 is 11.8 Å². The molecule has 0 amide bonds. The number of nitrogens with zero attached hydrogens (tertiary/aromatic N) is 3. The van der Waals surface area contributed by atoms with Crippen molar-refractivity contribution in [2.75, 3.05) is 25.1 Å². The number of hydrogen-bond donors (Lipinski definition) is 0. The van der Waals surface area contributed by atoms with Crippen LogP contribution in [0.1, 0.15) is 29.8 Å². The molecule has 96 valence electrons.